The number of carbonyl (C=O) groups is 1. The highest BCUT2D eigenvalue weighted by Gasteiger charge is 2.14. The summed E-state index contributed by atoms with van der Waals surface area (Å²) in [5.41, 5.74) is 3.85. The van der Waals surface area contributed by atoms with Crippen molar-refractivity contribution >= 4 is 11.5 Å². The van der Waals surface area contributed by atoms with Crippen molar-refractivity contribution in [1.82, 2.24) is 0 Å². The molecular formula is C20H22O3. The van der Waals surface area contributed by atoms with E-state index in [0.717, 1.165) is 23.3 Å². The highest BCUT2D eigenvalue weighted by Crippen LogP contribution is 2.24. The lowest BCUT2D eigenvalue weighted by molar-refractivity contribution is -0.136. The Hall–Kier alpha value is -2.55. The van der Waals surface area contributed by atoms with Gasteiger partial charge in [0, 0.05) is 5.57 Å². The molecular weight excluding hydrogens is 288 g/mol. The zero-order valence-corrected chi connectivity index (χ0v) is 13.8. The van der Waals surface area contributed by atoms with Gasteiger partial charge in [-0.15, -0.1) is 0 Å². The maximum absolute atomic E-state index is 12.2. The van der Waals surface area contributed by atoms with E-state index < -0.39 is 0 Å². The van der Waals surface area contributed by atoms with Crippen LogP contribution in [-0.4, -0.2) is 20.2 Å². The standard InChI is InChI=1S/C20H22O3/c1-15(17-10-12-18(22-2)13-11-17)19(20(21)23-3)14-9-16-7-5-4-6-8-16/h4-8,10-13H,9,14H2,1-3H3/b19-15-. The molecule has 0 amide bonds. The average molecular weight is 310 g/mol. The van der Waals surface area contributed by atoms with Crippen LogP contribution < -0.4 is 4.74 Å². The fourth-order valence-corrected chi connectivity index (χ4v) is 2.50. The third-order valence-corrected chi connectivity index (χ3v) is 3.91. The van der Waals surface area contributed by atoms with Crippen LogP contribution in [0.5, 0.6) is 5.75 Å². The van der Waals surface area contributed by atoms with Crippen LogP contribution in [0.4, 0.5) is 0 Å². The van der Waals surface area contributed by atoms with Gasteiger partial charge in [0.15, 0.2) is 0 Å². The van der Waals surface area contributed by atoms with E-state index in [0.29, 0.717) is 12.0 Å². The number of benzene rings is 2. The summed E-state index contributed by atoms with van der Waals surface area (Å²) in [6, 6.07) is 17.8. The van der Waals surface area contributed by atoms with Gasteiger partial charge in [0.1, 0.15) is 5.75 Å². The number of aryl methyl sites for hydroxylation is 1. The Kier molecular flexibility index (Phi) is 5.98. The number of allylic oxidation sites excluding steroid dienone is 1. The molecule has 0 heterocycles. The molecule has 2 aromatic carbocycles. The van der Waals surface area contributed by atoms with Crippen molar-refractivity contribution in [3.05, 3.63) is 71.3 Å². The van der Waals surface area contributed by atoms with Gasteiger partial charge in [-0.1, -0.05) is 42.5 Å². The number of methoxy groups -OCH3 is 2. The van der Waals surface area contributed by atoms with Gasteiger partial charge >= 0.3 is 5.97 Å². The number of ether oxygens (including phenoxy) is 2. The molecule has 0 aliphatic rings. The van der Waals surface area contributed by atoms with Crippen LogP contribution in [0.15, 0.2) is 60.2 Å². The van der Waals surface area contributed by atoms with Crippen molar-refractivity contribution in [2.75, 3.05) is 14.2 Å². The molecule has 0 N–H and O–H groups in total. The average Bonchev–Trinajstić information content (AvgIpc) is 2.62. The molecule has 3 heteroatoms. The molecule has 0 atom stereocenters. The third-order valence-electron chi connectivity index (χ3n) is 3.91. The number of esters is 1. The lowest BCUT2D eigenvalue weighted by atomic mass is 9.96. The lowest BCUT2D eigenvalue weighted by Gasteiger charge is -2.12. The van der Waals surface area contributed by atoms with Crippen LogP contribution in [0, 0.1) is 0 Å². The summed E-state index contributed by atoms with van der Waals surface area (Å²) >= 11 is 0. The van der Waals surface area contributed by atoms with E-state index in [1.54, 1.807) is 7.11 Å². The number of hydrogen-bond donors (Lipinski definition) is 0. The molecule has 0 fully saturated rings. The SMILES string of the molecule is COC(=O)/C(CCc1ccccc1)=C(/C)c1ccc(OC)cc1. The largest absolute Gasteiger partial charge is 0.497 e. The lowest BCUT2D eigenvalue weighted by Crippen LogP contribution is -2.08. The quantitative estimate of drug-likeness (QED) is 0.590. The molecule has 120 valence electrons. The van der Waals surface area contributed by atoms with Gasteiger partial charge in [0.2, 0.25) is 0 Å². The van der Waals surface area contributed by atoms with E-state index in [1.165, 1.54) is 12.7 Å². The van der Waals surface area contributed by atoms with Gasteiger partial charge in [-0.25, -0.2) is 4.79 Å². The smallest absolute Gasteiger partial charge is 0.334 e. The maximum atomic E-state index is 12.2. The van der Waals surface area contributed by atoms with Crippen molar-refractivity contribution in [3.8, 4) is 5.75 Å². The summed E-state index contributed by atoms with van der Waals surface area (Å²) in [6.45, 7) is 1.96. The molecule has 0 unspecified atom stereocenters. The third kappa shape index (κ3) is 4.46. The Morgan fingerprint density at radius 3 is 2.17 bits per heavy atom. The highest BCUT2D eigenvalue weighted by molar-refractivity contribution is 5.97. The minimum atomic E-state index is -0.269. The summed E-state index contributed by atoms with van der Waals surface area (Å²) < 4.78 is 10.1. The first-order valence-corrected chi connectivity index (χ1v) is 7.62. The molecule has 0 saturated heterocycles. The number of rotatable bonds is 6. The van der Waals surface area contributed by atoms with Crippen LogP contribution in [0.1, 0.15) is 24.5 Å². The van der Waals surface area contributed by atoms with Crippen LogP contribution in [-0.2, 0) is 16.0 Å². The van der Waals surface area contributed by atoms with E-state index in [9.17, 15) is 4.79 Å². The fraction of sp³-hybridized carbons (Fsp3) is 0.250. The molecule has 2 rings (SSSR count). The molecule has 2 aromatic rings. The maximum Gasteiger partial charge on any atom is 0.334 e. The summed E-state index contributed by atoms with van der Waals surface area (Å²) in [4.78, 5) is 12.2. The van der Waals surface area contributed by atoms with Gasteiger partial charge in [0.05, 0.1) is 14.2 Å². The van der Waals surface area contributed by atoms with Gasteiger partial charge in [-0.05, 0) is 48.6 Å². The van der Waals surface area contributed by atoms with E-state index in [1.807, 2.05) is 49.4 Å². The Bertz CT molecular complexity index is 670. The first-order chi connectivity index (χ1) is 11.2. The van der Waals surface area contributed by atoms with Crippen LogP contribution in [0.2, 0.25) is 0 Å². The van der Waals surface area contributed by atoms with Gasteiger partial charge in [0.25, 0.3) is 0 Å². The highest BCUT2D eigenvalue weighted by atomic mass is 16.5. The predicted octanol–water partition coefficient (Wildman–Crippen LogP) is 4.27. The summed E-state index contributed by atoms with van der Waals surface area (Å²) in [5, 5.41) is 0. The van der Waals surface area contributed by atoms with Crippen molar-refractivity contribution in [2.24, 2.45) is 0 Å². The fourth-order valence-electron chi connectivity index (χ4n) is 2.50. The van der Waals surface area contributed by atoms with Crippen molar-refractivity contribution < 1.29 is 14.3 Å². The van der Waals surface area contributed by atoms with E-state index in [4.69, 9.17) is 9.47 Å². The van der Waals surface area contributed by atoms with Crippen molar-refractivity contribution in [1.29, 1.82) is 0 Å². The van der Waals surface area contributed by atoms with E-state index in [-0.39, 0.29) is 5.97 Å². The van der Waals surface area contributed by atoms with Crippen LogP contribution in [0.3, 0.4) is 0 Å². The van der Waals surface area contributed by atoms with E-state index in [2.05, 4.69) is 12.1 Å². The first-order valence-electron chi connectivity index (χ1n) is 7.62. The summed E-state index contributed by atoms with van der Waals surface area (Å²) in [5.74, 6) is 0.528. The molecule has 0 aromatic heterocycles. The minimum absolute atomic E-state index is 0.269. The van der Waals surface area contributed by atoms with Gasteiger partial charge < -0.3 is 9.47 Å². The second kappa shape index (κ2) is 8.18. The summed E-state index contributed by atoms with van der Waals surface area (Å²) in [6.07, 6.45) is 1.45. The van der Waals surface area contributed by atoms with Crippen molar-refractivity contribution in [3.63, 3.8) is 0 Å². The molecule has 0 spiro atoms. The second-order valence-corrected chi connectivity index (χ2v) is 5.31. The Labute approximate surface area is 137 Å². The molecule has 0 saturated carbocycles. The molecule has 3 nitrogen and oxygen atoms in total. The Morgan fingerprint density at radius 1 is 0.957 bits per heavy atom. The molecule has 0 bridgehead atoms. The Balaban J connectivity index is 2.26. The Morgan fingerprint density at radius 2 is 1.61 bits per heavy atom. The molecule has 0 aliphatic heterocycles. The van der Waals surface area contributed by atoms with Gasteiger partial charge in [-0.3, -0.25) is 0 Å². The molecule has 0 radical (unpaired) electrons. The second-order valence-electron chi connectivity index (χ2n) is 5.31. The minimum Gasteiger partial charge on any atom is -0.497 e. The molecule has 23 heavy (non-hydrogen) atoms. The van der Waals surface area contributed by atoms with Crippen LogP contribution in [0.25, 0.3) is 5.57 Å². The normalized spacial score (nSPS) is 11.6. The topological polar surface area (TPSA) is 35.5 Å². The van der Waals surface area contributed by atoms with Crippen LogP contribution >= 0.6 is 0 Å². The zero-order chi connectivity index (χ0) is 16.7. The number of carbonyl (C=O) groups excluding carboxylic acids is 1. The monoisotopic (exact) mass is 310 g/mol. The number of hydrogen-bond acceptors (Lipinski definition) is 3. The van der Waals surface area contributed by atoms with Gasteiger partial charge in [-0.2, -0.15) is 0 Å². The zero-order valence-electron chi connectivity index (χ0n) is 13.8. The van der Waals surface area contributed by atoms with E-state index >= 15 is 0 Å². The first kappa shape index (κ1) is 16.8. The predicted molar refractivity (Wildman–Crippen MR) is 92.4 cm³/mol. The van der Waals surface area contributed by atoms with Crippen molar-refractivity contribution in [2.45, 2.75) is 19.8 Å². The molecule has 0 aliphatic carbocycles. The summed E-state index contributed by atoms with van der Waals surface area (Å²) in [7, 11) is 3.06.